The summed E-state index contributed by atoms with van der Waals surface area (Å²) in [4.78, 5) is 0. The number of aromatic amines is 1. The third-order valence-corrected chi connectivity index (χ3v) is 2.61. The highest BCUT2D eigenvalue weighted by Crippen LogP contribution is 2.22. The summed E-state index contributed by atoms with van der Waals surface area (Å²) in [6.07, 6.45) is 0. The van der Waals surface area contributed by atoms with Gasteiger partial charge in [-0.25, -0.2) is 4.39 Å². The summed E-state index contributed by atoms with van der Waals surface area (Å²) in [7, 11) is 0. The SMILES string of the molecule is OCc1n[nH]c(=S)n1-c1ccc(F)cc1Cl. The molecule has 0 atom stereocenters. The van der Waals surface area contributed by atoms with E-state index in [4.69, 9.17) is 28.9 Å². The number of aliphatic hydroxyl groups is 1. The molecule has 0 amide bonds. The zero-order valence-corrected chi connectivity index (χ0v) is 9.52. The molecule has 2 N–H and O–H groups in total. The smallest absolute Gasteiger partial charge is 0.199 e. The number of aromatic nitrogens is 3. The summed E-state index contributed by atoms with van der Waals surface area (Å²) in [6, 6.07) is 3.91. The molecule has 0 spiro atoms. The monoisotopic (exact) mass is 259 g/mol. The van der Waals surface area contributed by atoms with Gasteiger partial charge in [0.25, 0.3) is 0 Å². The van der Waals surface area contributed by atoms with Gasteiger partial charge >= 0.3 is 0 Å². The van der Waals surface area contributed by atoms with Gasteiger partial charge in [0.15, 0.2) is 10.6 Å². The van der Waals surface area contributed by atoms with Gasteiger partial charge in [-0.05, 0) is 30.4 Å². The predicted molar refractivity (Wildman–Crippen MR) is 59.6 cm³/mol. The van der Waals surface area contributed by atoms with Gasteiger partial charge < -0.3 is 5.11 Å². The number of nitrogens with zero attached hydrogens (tertiary/aromatic N) is 2. The Balaban J connectivity index is 2.67. The van der Waals surface area contributed by atoms with Gasteiger partial charge in [0.2, 0.25) is 0 Å². The molecule has 0 radical (unpaired) electrons. The Bertz CT molecular complexity index is 580. The average molecular weight is 260 g/mol. The molecule has 2 aromatic rings. The Morgan fingerprint density at radius 2 is 2.31 bits per heavy atom. The van der Waals surface area contributed by atoms with E-state index in [-0.39, 0.29) is 16.4 Å². The molecule has 0 aliphatic heterocycles. The molecule has 1 aromatic carbocycles. The van der Waals surface area contributed by atoms with E-state index in [0.29, 0.717) is 11.5 Å². The molecule has 84 valence electrons. The number of hydrogen-bond donors (Lipinski definition) is 2. The van der Waals surface area contributed by atoms with E-state index < -0.39 is 5.82 Å². The molecule has 0 unspecified atom stereocenters. The van der Waals surface area contributed by atoms with Crippen molar-refractivity contribution in [1.29, 1.82) is 0 Å². The average Bonchev–Trinajstić information content (AvgIpc) is 2.60. The predicted octanol–water partition coefficient (Wildman–Crippen LogP) is 2.21. The van der Waals surface area contributed by atoms with Crippen molar-refractivity contribution in [3.05, 3.63) is 39.6 Å². The molecule has 0 aliphatic rings. The highest BCUT2D eigenvalue weighted by atomic mass is 35.5. The van der Waals surface area contributed by atoms with Gasteiger partial charge in [-0.2, -0.15) is 5.10 Å². The summed E-state index contributed by atoms with van der Waals surface area (Å²) in [6.45, 7) is -0.291. The minimum Gasteiger partial charge on any atom is -0.388 e. The van der Waals surface area contributed by atoms with E-state index in [1.165, 1.54) is 22.8 Å². The number of nitrogens with one attached hydrogen (secondary N) is 1. The quantitative estimate of drug-likeness (QED) is 0.813. The van der Waals surface area contributed by atoms with Gasteiger partial charge in [0.1, 0.15) is 12.4 Å². The van der Waals surface area contributed by atoms with Crippen LogP contribution in [0.3, 0.4) is 0 Å². The van der Waals surface area contributed by atoms with Crippen LogP contribution in [0.15, 0.2) is 18.2 Å². The van der Waals surface area contributed by atoms with E-state index in [0.717, 1.165) is 0 Å². The third-order valence-electron chi connectivity index (χ3n) is 2.03. The molecular formula is C9H7ClFN3OS. The van der Waals surface area contributed by atoms with E-state index >= 15 is 0 Å². The first-order valence-corrected chi connectivity index (χ1v) is 5.14. The first-order chi connectivity index (χ1) is 7.63. The fourth-order valence-electron chi connectivity index (χ4n) is 1.35. The molecule has 0 bridgehead atoms. The van der Waals surface area contributed by atoms with E-state index in [1.54, 1.807) is 0 Å². The molecule has 2 rings (SSSR count). The van der Waals surface area contributed by atoms with Crippen LogP contribution in [0.1, 0.15) is 5.82 Å². The summed E-state index contributed by atoms with van der Waals surface area (Å²) in [5.74, 6) is -0.118. The number of H-pyrrole nitrogens is 1. The number of hydrogen-bond acceptors (Lipinski definition) is 3. The lowest BCUT2D eigenvalue weighted by molar-refractivity contribution is 0.269. The van der Waals surface area contributed by atoms with Crippen molar-refractivity contribution in [2.45, 2.75) is 6.61 Å². The minimum atomic E-state index is -0.436. The molecular weight excluding hydrogens is 253 g/mol. The van der Waals surface area contributed by atoms with Crippen molar-refractivity contribution in [2.75, 3.05) is 0 Å². The Morgan fingerprint density at radius 3 is 2.94 bits per heavy atom. The Labute approximate surface area is 100 Å². The second-order valence-electron chi connectivity index (χ2n) is 3.03. The second kappa shape index (κ2) is 4.32. The third kappa shape index (κ3) is 1.87. The zero-order chi connectivity index (χ0) is 11.7. The standard InChI is InChI=1S/C9H7ClFN3OS/c10-6-3-5(11)1-2-7(6)14-8(4-15)12-13-9(14)16/h1-3,15H,4H2,(H,13,16). The molecule has 0 saturated carbocycles. The lowest BCUT2D eigenvalue weighted by atomic mass is 10.3. The first kappa shape index (κ1) is 11.3. The van der Waals surface area contributed by atoms with Gasteiger partial charge in [-0.15, -0.1) is 0 Å². The van der Waals surface area contributed by atoms with Crippen LogP contribution in [0.2, 0.25) is 5.02 Å². The molecule has 1 heterocycles. The van der Waals surface area contributed by atoms with Gasteiger partial charge in [0, 0.05) is 0 Å². The molecule has 0 fully saturated rings. The van der Waals surface area contributed by atoms with E-state index in [9.17, 15) is 4.39 Å². The van der Waals surface area contributed by atoms with Crippen molar-refractivity contribution in [3.8, 4) is 5.69 Å². The maximum absolute atomic E-state index is 12.9. The number of rotatable bonds is 2. The van der Waals surface area contributed by atoms with Crippen molar-refractivity contribution < 1.29 is 9.50 Å². The molecule has 4 nitrogen and oxygen atoms in total. The number of benzene rings is 1. The molecule has 1 aromatic heterocycles. The van der Waals surface area contributed by atoms with Crippen molar-refractivity contribution in [3.63, 3.8) is 0 Å². The summed E-state index contributed by atoms with van der Waals surface area (Å²) in [5, 5.41) is 15.6. The largest absolute Gasteiger partial charge is 0.388 e. The summed E-state index contributed by atoms with van der Waals surface area (Å²) in [5.41, 5.74) is 0.478. The fraction of sp³-hybridized carbons (Fsp3) is 0.111. The molecule has 0 saturated heterocycles. The molecule has 7 heteroatoms. The highest BCUT2D eigenvalue weighted by molar-refractivity contribution is 7.71. The number of aliphatic hydroxyl groups excluding tert-OH is 1. The van der Waals surface area contributed by atoms with Crippen LogP contribution < -0.4 is 0 Å². The second-order valence-corrected chi connectivity index (χ2v) is 3.83. The van der Waals surface area contributed by atoms with E-state index in [1.807, 2.05) is 0 Å². The van der Waals surface area contributed by atoms with Crippen LogP contribution in [0, 0.1) is 10.6 Å². The summed E-state index contributed by atoms with van der Waals surface area (Å²) < 4.78 is 14.6. The van der Waals surface area contributed by atoms with Crippen LogP contribution >= 0.6 is 23.8 Å². The van der Waals surface area contributed by atoms with Crippen LogP contribution in [0.25, 0.3) is 5.69 Å². The highest BCUT2D eigenvalue weighted by Gasteiger charge is 2.10. The molecule has 0 aliphatic carbocycles. The van der Waals surface area contributed by atoms with Crippen LogP contribution in [0.5, 0.6) is 0 Å². The first-order valence-electron chi connectivity index (χ1n) is 4.36. The minimum absolute atomic E-state index is 0.201. The normalized spacial score (nSPS) is 10.7. The van der Waals surface area contributed by atoms with Crippen molar-refractivity contribution in [1.82, 2.24) is 14.8 Å². The Kier molecular flexibility index (Phi) is 3.04. The van der Waals surface area contributed by atoms with E-state index in [2.05, 4.69) is 10.2 Å². The maximum Gasteiger partial charge on any atom is 0.199 e. The lowest BCUT2D eigenvalue weighted by Gasteiger charge is -2.07. The Hall–Kier alpha value is -1.24. The Morgan fingerprint density at radius 1 is 1.56 bits per heavy atom. The van der Waals surface area contributed by atoms with Crippen LogP contribution in [-0.2, 0) is 6.61 Å². The lowest BCUT2D eigenvalue weighted by Crippen LogP contribution is -2.02. The van der Waals surface area contributed by atoms with Gasteiger partial charge in [-0.3, -0.25) is 9.67 Å². The van der Waals surface area contributed by atoms with Gasteiger partial charge in [-0.1, -0.05) is 11.6 Å². The summed E-state index contributed by atoms with van der Waals surface area (Å²) >= 11 is 10.9. The van der Waals surface area contributed by atoms with Crippen molar-refractivity contribution >= 4 is 23.8 Å². The van der Waals surface area contributed by atoms with Crippen LogP contribution in [0.4, 0.5) is 4.39 Å². The number of halogens is 2. The van der Waals surface area contributed by atoms with Gasteiger partial charge in [0.05, 0.1) is 10.7 Å². The maximum atomic E-state index is 12.9. The fourth-order valence-corrected chi connectivity index (χ4v) is 1.85. The van der Waals surface area contributed by atoms with Crippen molar-refractivity contribution in [2.24, 2.45) is 0 Å². The topological polar surface area (TPSA) is 53.8 Å². The zero-order valence-electron chi connectivity index (χ0n) is 7.94. The van der Waals surface area contributed by atoms with Crippen LogP contribution in [-0.4, -0.2) is 19.9 Å². The molecule has 16 heavy (non-hydrogen) atoms.